The summed E-state index contributed by atoms with van der Waals surface area (Å²) in [6.45, 7) is 7.89. The molecule has 0 bridgehead atoms. The molecule has 1 aliphatic carbocycles. The minimum atomic E-state index is -3.87. The summed E-state index contributed by atoms with van der Waals surface area (Å²) in [7, 11) is -3.87. The fourth-order valence-electron chi connectivity index (χ4n) is 9.69. The number of likely N-dealkylation sites (tertiary alicyclic amines) is 1. The van der Waals surface area contributed by atoms with E-state index in [1.165, 1.54) is 30.3 Å². The predicted molar refractivity (Wildman–Crippen MR) is 214 cm³/mol. The molecule has 7 rings (SSSR count). The van der Waals surface area contributed by atoms with Crippen LogP contribution < -0.4 is 15.5 Å². The van der Waals surface area contributed by atoms with Crippen LogP contribution in [-0.4, -0.2) is 84.4 Å². The Morgan fingerprint density at radius 3 is 2.44 bits per heavy atom. The van der Waals surface area contributed by atoms with Gasteiger partial charge in [0.25, 0.3) is 0 Å². The summed E-state index contributed by atoms with van der Waals surface area (Å²) in [5.41, 5.74) is -0.139. The molecule has 3 atom stereocenters. The number of nitrogens with zero attached hydrogens (tertiary/aromatic N) is 4. The Morgan fingerprint density at radius 2 is 1.75 bits per heavy atom. The minimum Gasteiger partial charge on any atom is -0.465 e. The predicted octanol–water partition coefficient (Wildman–Crippen LogP) is 6.86. The van der Waals surface area contributed by atoms with E-state index in [0.717, 1.165) is 55.3 Å². The van der Waals surface area contributed by atoms with Crippen molar-refractivity contribution in [3.8, 4) is 0 Å². The molecule has 1 aromatic heterocycles. The molecule has 1 saturated carbocycles. The molecule has 0 radical (unpaired) electrons. The first-order valence-corrected chi connectivity index (χ1v) is 21.1. The molecule has 3 fully saturated rings. The first-order chi connectivity index (χ1) is 27.3. The van der Waals surface area contributed by atoms with Crippen LogP contribution in [0.3, 0.4) is 0 Å². The number of amides is 2. The fourth-order valence-corrected chi connectivity index (χ4v) is 11.0. The van der Waals surface area contributed by atoms with Crippen LogP contribution in [0.1, 0.15) is 50.4 Å². The third kappa shape index (κ3) is 8.33. The van der Waals surface area contributed by atoms with Crippen LogP contribution in [0.2, 0.25) is 0 Å². The SMILES string of the molecule is C=CC(=O)Nc1cccc(S(=O)(=O)c2ccc(N3CC(F)(CN4CCC(C(Cn5ccnc5CC)(c5cccc(F)c5)[C@H]5CCC[C@@H]5NC(=O)O)CC4)C3)cc2)c1. The molecule has 4 aromatic rings. The van der Waals surface area contributed by atoms with Gasteiger partial charge >= 0.3 is 6.09 Å². The van der Waals surface area contributed by atoms with E-state index in [1.54, 1.807) is 42.6 Å². The van der Waals surface area contributed by atoms with Gasteiger partial charge in [0.2, 0.25) is 15.7 Å². The minimum absolute atomic E-state index is 0.0354. The molecule has 2 saturated heterocycles. The van der Waals surface area contributed by atoms with Gasteiger partial charge in [-0.05, 0) is 117 Å². The zero-order valence-electron chi connectivity index (χ0n) is 32.1. The van der Waals surface area contributed by atoms with E-state index in [9.17, 15) is 23.1 Å². The van der Waals surface area contributed by atoms with Crippen LogP contribution in [0.15, 0.2) is 108 Å². The summed E-state index contributed by atoms with van der Waals surface area (Å²) >= 11 is 0. The molecule has 11 nitrogen and oxygen atoms in total. The third-order valence-electron chi connectivity index (χ3n) is 12.3. The number of sulfone groups is 1. The molecule has 3 aromatic carbocycles. The zero-order chi connectivity index (χ0) is 40.4. The Morgan fingerprint density at radius 1 is 1.02 bits per heavy atom. The van der Waals surface area contributed by atoms with E-state index in [1.807, 2.05) is 17.2 Å². The number of hydrogen-bond donors (Lipinski definition) is 3. The molecule has 1 unspecified atom stereocenters. The summed E-state index contributed by atoms with van der Waals surface area (Å²) in [5.74, 6) is 0.128. The molecule has 14 heteroatoms. The molecule has 2 amide bonds. The number of aromatic nitrogens is 2. The lowest BCUT2D eigenvalue weighted by Gasteiger charge is -2.52. The first kappa shape index (κ1) is 40.1. The van der Waals surface area contributed by atoms with E-state index in [-0.39, 0.29) is 53.1 Å². The molecule has 3 aliphatic rings. The number of benzene rings is 3. The number of anilines is 2. The van der Waals surface area contributed by atoms with Gasteiger partial charge in [-0.25, -0.2) is 27.0 Å². The number of hydrogen-bond acceptors (Lipinski definition) is 7. The highest BCUT2D eigenvalue weighted by Crippen LogP contribution is 2.52. The Kier molecular flexibility index (Phi) is 11.6. The van der Waals surface area contributed by atoms with Crippen LogP contribution in [0.5, 0.6) is 0 Å². The van der Waals surface area contributed by atoms with E-state index >= 15 is 8.78 Å². The molecule has 3 N–H and O–H groups in total. The average molecular weight is 801 g/mol. The third-order valence-corrected chi connectivity index (χ3v) is 14.0. The number of carboxylic acid groups (broad SMARTS) is 1. The van der Waals surface area contributed by atoms with Gasteiger partial charge in [0.15, 0.2) is 5.67 Å². The van der Waals surface area contributed by atoms with Gasteiger partial charge in [-0.3, -0.25) is 9.69 Å². The van der Waals surface area contributed by atoms with Crippen molar-refractivity contribution in [3.05, 3.63) is 115 Å². The Balaban J connectivity index is 1.04. The van der Waals surface area contributed by atoms with Crippen molar-refractivity contribution < 1.29 is 31.9 Å². The summed E-state index contributed by atoms with van der Waals surface area (Å²) in [6, 6.07) is 18.9. The number of imidazole rings is 1. The molecular formula is C43H50F2N6O5S. The quantitative estimate of drug-likeness (QED) is 0.118. The number of carbonyl (C=O) groups excluding carboxylic acids is 1. The highest BCUT2D eigenvalue weighted by atomic mass is 32.2. The number of rotatable bonds is 14. The van der Waals surface area contributed by atoms with Gasteiger partial charge in [0.05, 0.1) is 22.9 Å². The standard InChI is InChI=1S/C43H50F2N6O5S/c1-3-39-46-20-23-50(39)29-43(31-8-5-9-32(44)24-31,37-12-7-13-38(37)48-41(53)54)30-18-21-49(22-19-30)26-42(45)27-51(28-42)34-14-16-35(17-15-34)57(55,56)36-11-6-10-33(25-36)47-40(52)4-2/h4-6,8-11,14-17,20,23-25,30,37-38,48H,2-3,7,12-13,18-19,21-22,26-29H2,1H3,(H,47,52)(H,53,54)/t37-,38-,43?/m0/s1. The average Bonchev–Trinajstić information content (AvgIpc) is 3.85. The molecule has 57 heavy (non-hydrogen) atoms. The van der Waals surface area contributed by atoms with Crippen molar-refractivity contribution in [2.45, 2.75) is 78.9 Å². The molecule has 3 heterocycles. The maximum atomic E-state index is 16.3. The number of halogens is 2. The Labute approximate surface area is 332 Å². The molecule has 302 valence electrons. The lowest BCUT2D eigenvalue weighted by Crippen LogP contribution is -2.64. The van der Waals surface area contributed by atoms with Crippen molar-refractivity contribution >= 4 is 33.2 Å². The normalized spacial score (nSPS) is 21.0. The van der Waals surface area contributed by atoms with Crippen LogP contribution in [0.25, 0.3) is 0 Å². The highest BCUT2D eigenvalue weighted by molar-refractivity contribution is 7.91. The van der Waals surface area contributed by atoms with Gasteiger partial charge in [-0.15, -0.1) is 0 Å². The number of carbonyl (C=O) groups is 2. The van der Waals surface area contributed by atoms with Crippen LogP contribution >= 0.6 is 0 Å². The number of aryl methyl sites for hydroxylation is 1. The fraction of sp³-hybridized carbons (Fsp3) is 0.419. The molecule has 2 aliphatic heterocycles. The van der Waals surface area contributed by atoms with Gasteiger partial charge in [-0.2, -0.15) is 0 Å². The van der Waals surface area contributed by atoms with Gasteiger partial charge < -0.3 is 25.2 Å². The van der Waals surface area contributed by atoms with Crippen LogP contribution in [0, 0.1) is 17.7 Å². The van der Waals surface area contributed by atoms with Gasteiger partial charge in [0.1, 0.15) is 11.6 Å². The smallest absolute Gasteiger partial charge is 0.404 e. The lowest BCUT2D eigenvalue weighted by atomic mass is 9.58. The highest BCUT2D eigenvalue weighted by Gasteiger charge is 2.53. The van der Waals surface area contributed by atoms with Crippen LogP contribution in [0.4, 0.5) is 25.0 Å². The maximum absolute atomic E-state index is 16.3. The Bertz CT molecular complexity index is 2200. The summed E-state index contributed by atoms with van der Waals surface area (Å²) in [4.78, 5) is 32.5. The largest absolute Gasteiger partial charge is 0.465 e. The number of alkyl halides is 1. The summed E-state index contributed by atoms with van der Waals surface area (Å²) < 4.78 is 60.4. The van der Waals surface area contributed by atoms with Crippen molar-refractivity contribution in [2.24, 2.45) is 11.8 Å². The number of nitrogens with one attached hydrogen (secondary N) is 2. The van der Waals surface area contributed by atoms with Crippen molar-refractivity contribution in [1.82, 2.24) is 19.8 Å². The molecular weight excluding hydrogens is 751 g/mol. The summed E-state index contributed by atoms with van der Waals surface area (Å²) in [5, 5.41) is 15.2. The zero-order valence-corrected chi connectivity index (χ0v) is 32.9. The lowest BCUT2D eigenvalue weighted by molar-refractivity contribution is -0.111. The van der Waals surface area contributed by atoms with Crippen LogP contribution in [-0.2, 0) is 33.0 Å². The number of piperidine rings is 1. The topological polar surface area (TPSA) is 137 Å². The van der Waals surface area contributed by atoms with Gasteiger partial charge in [-0.1, -0.05) is 38.1 Å². The van der Waals surface area contributed by atoms with E-state index in [2.05, 4.69) is 38.6 Å². The monoisotopic (exact) mass is 800 g/mol. The first-order valence-electron chi connectivity index (χ1n) is 19.6. The van der Waals surface area contributed by atoms with E-state index < -0.39 is 32.9 Å². The second kappa shape index (κ2) is 16.4. The van der Waals surface area contributed by atoms with Crippen molar-refractivity contribution in [1.29, 1.82) is 0 Å². The second-order valence-corrected chi connectivity index (χ2v) is 17.7. The van der Waals surface area contributed by atoms with E-state index in [4.69, 9.17) is 0 Å². The van der Waals surface area contributed by atoms with Gasteiger partial charge in [0, 0.05) is 54.7 Å². The van der Waals surface area contributed by atoms with E-state index in [0.29, 0.717) is 31.7 Å². The Hall–Kier alpha value is -5.08. The maximum Gasteiger partial charge on any atom is 0.404 e. The van der Waals surface area contributed by atoms with Crippen molar-refractivity contribution in [2.75, 3.05) is 42.9 Å². The summed E-state index contributed by atoms with van der Waals surface area (Å²) in [6.07, 6.45) is 8.36. The second-order valence-electron chi connectivity index (χ2n) is 15.7. The molecule has 0 spiro atoms. The van der Waals surface area contributed by atoms with Crippen molar-refractivity contribution in [3.63, 3.8) is 0 Å².